The van der Waals surface area contributed by atoms with Crippen LogP contribution in [0.3, 0.4) is 0 Å². The van der Waals surface area contributed by atoms with Crippen LogP contribution in [-0.4, -0.2) is 63.3 Å². The number of imidazole rings is 1. The molecule has 144 valence electrons. The predicted octanol–water partition coefficient (Wildman–Crippen LogP) is 1.45. The quantitative estimate of drug-likeness (QED) is 0.881. The minimum Gasteiger partial charge on any atom is -0.369 e. The van der Waals surface area contributed by atoms with Crippen molar-refractivity contribution in [2.24, 2.45) is 13.0 Å². The first-order valence-corrected chi connectivity index (χ1v) is 9.88. The Labute approximate surface area is 158 Å². The third-order valence-corrected chi connectivity index (χ3v) is 6.04. The van der Waals surface area contributed by atoms with Crippen LogP contribution in [0, 0.1) is 5.92 Å². The number of carbonyl (C=O) groups excluding carboxylic acids is 1. The molecule has 0 aromatic carbocycles. The number of anilines is 1. The second kappa shape index (κ2) is 6.67. The number of nitrogens with zero attached hydrogens (tertiary/aromatic N) is 5. The lowest BCUT2D eigenvalue weighted by molar-refractivity contribution is -0.138. The van der Waals surface area contributed by atoms with Crippen LogP contribution in [0.4, 0.5) is 5.82 Å². The minimum absolute atomic E-state index is 0.135. The molecule has 0 radical (unpaired) electrons. The third-order valence-electron chi connectivity index (χ3n) is 6.04. The van der Waals surface area contributed by atoms with Crippen LogP contribution in [0.5, 0.6) is 0 Å². The van der Waals surface area contributed by atoms with Crippen molar-refractivity contribution in [2.45, 2.75) is 31.3 Å². The van der Waals surface area contributed by atoms with Crippen molar-refractivity contribution in [3.05, 3.63) is 30.0 Å². The van der Waals surface area contributed by atoms with Crippen LogP contribution >= 0.6 is 0 Å². The van der Waals surface area contributed by atoms with E-state index in [-0.39, 0.29) is 17.9 Å². The van der Waals surface area contributed by atoms with Gasteiger partial charge < -0.3 is 19.1 Å². The molecule has 2 aliphatic heterocycles. The van der Waals surface area contributed by atoms with Gasteiger partial charge in [0.25, 0.3) is 0 Å². The zero-order valence-corrected chi connectivity index (χ0v) is 15.7. The van der Waals surface area contributed by atoms with Gasteiger partial charge in [0.2, 0.25) is 5.91 Å². The van der Waals surface area contributed by atoms with Crippen molar-refractivity contribution >= 4 is 11.7 Å². The van der Waals surface area contributed by atoms with E-state index in [2.05, 4.69) is 26.1 Å². The summed E-state index contributed by atoms with van der Waals surface area (Å²) in [6.45, 7) is 3.72. The number of H-pyrrole nitrogens is 1. The number of aryl methyl sites for hydroxylation is 1. The Morgan fingerprint density at radius 2 is 2.04 bits per heavy atom. The molecule has 5 rings (SSSR count). The third kappa shape index (κ3) is 3.12. The molecule has 27 heavy (non-hydrogen) atoms. The van der Waals surface area contributed by atoms with Crippen LogP contribution in [-0.2, 0) is 16.6 Å². The maximum atomic E-state index is 13.1. The van der Waals surface area contributed by atoms with Crippen LogP contribution in [0.15, 0.2) is 18.5 Å². The molecule has 8 nitrogen and oxygen atoms in total. The van der Waals surface area contributed by atoms with Gasteiger partial charge in [-0.25, -0.2) is 4.98 Å². The molecular weight excluding hydrogens is 344 g/mol. The van der Waals surface area contributed by atoms with Crippen molar-refractivity contribution in [2.75, 3.05) is 37.7 Å². The fraction of sp³-hybridized carbons (Fsp3) is 0.632. The van der Waals surface area contributed by atoms with E-state index in [0.717, 1.165) is 44.2 Å². The van der Waals surface area contributed by atoms with Gasteiger partial charge in [0, 0.05) is 69.9 Å². The highest BCUT2D eigenvalue weighted by atomic mass is 16.5. The highest BCUT2D eigenvalue weighted by Gasteiger charge is 2.40. The number of aromatic amines is 1. The zero-order valence-electron chi connectivity index (χ0n) is 15.7. The second-order valence-corrected chi connectivity index (χ2v) is 7.85. The number of carbonyl (C=O) groups is 1. The van der Waals surface area contributed by atoms with Gasteiger partial charge in [-0.15, -0.1) is 0 Å². The first-order valence-electron chi connectivity index (χ1n) is 9.88. The van der Waals surface area contributed by atoms with Crippen LogP contribution in [0.25, 0.3) is 0 Å². The lowest BCUT2D eigenvalue weighted by Gasteiger charge is -2.36. The van der Waals surface area contributed by atoms with Crippen molar-refractivity contribution in [3.63, 3.8) is 0 Å². The summed E-state index contributed by atoms with van der Waals surface area (Å²) < 4.78 is 7.82. The van der Waals surface area contributed by atoms with E-state index in [0.29, 0.717) is 12.5 Å². The smallest absolute Gasteiger partial charge is 0.228 e. The molecule has 0 bridgehead atoms. The summed E-state index contributed by atoms with van der Waals surface area (Å²) in [6.07, 6.45) is 6.73. The Hall–Kier alpha value is -2.35. The molecule has 3 aliphatic rings. The fourth-order valence-electron chi connectivity index (χ4n) is 4.23. The summed E-state index contributed by atoms with van der Waals surface area (Å²) in [5, 5.41) is 7.64. The molecule has 8 heteroatoms. The maximum Gasteiger partial charge on any atom is 0.228 e. The maximum absolute atomic E-state index is 13.1. The number of amides is 1. The Morgan fingerprint density at radius 3 is 2.74 bits per heavy atom. The molecule has 1 aliphatic carbocycles. The van der Waals surface area contributed by atoms with Crippen LogP contribution < -0.4 is 4.90 Å². The van der Waals surface area contributed by atoms with E-state index in [4.69, 9.17) is 4.74 Å². The van der Waals surface area contributed by atoms with E-state index in [9.17, 15) is 4.79 Å². The Morgan fingerprint density at radius 1 is 1.22 bits per heavy atom. The number of aromatic nitrogens is 4. The Balaban J connectivity index is 1.22. The highest BCUT2D eigenvalue weighted by Crippen LogP contribution is 2.40. The molecule has 1 N–H and O–H groups in total. The topological polar surface area (TPSA) is 79.3 Å². The van der Waals surface area contributed by atoms with E-state index in [1.807, 2.05) is 22.7 Å². The fourth-order valence-corrected chi connectivity index (χ4v) is 4.23. The van der Waals surface area contributed by atoms with E-state index < -0.39 is 0 Å². The monoisotopic (exact) mass is 370 g/mol. The Bertz CT molecular complexity index is 818. The van der Waals surface area contributed by atoms with Gasteiger partial charge >= 0.3 is 0 Å². The van der Waals surface area contributed by atoms with Gasteiger partial charge in [-0.05, 0) is 19.3 Å². The first-order chi connectivity index (χ1) is 13.2. The largest absolute Gasteiger partial charge is 0.369 e. The minimum atomic E-state index is -0.233. The van der Waals surface area contributed by atoms with E-state index in [1.54, 1.807) is 6.20 Å². The number of nitrogens with one attached hydrogen (secondary N) is 1. The van der Waals surface area contributed by atoms with Gasteiger partial charge in [-0.1, -0.05) is 0 Å². The molecule has 1 saturated carbocycles. The molecule has 2 saturated heterocycles. The van der Waals surface area contributed by atoms with Crippen molar-refractivity contribution in [1.29, 1.82) is 0 Å². The molecule has 3 fully saturated rings. The highest BCUT2D eigenvalue weighted by molar-refractivity contribution is 5.80. The normalized spacial score (nSPS) is 26.0. The van der Waals surface area contributed by atoms with Gasteiger partial charge in [0.15, 0.2) is 5.82 Å². The summed E-state index contributed by atoms with van der Waals surface area (Å²) >= 11 is 0. The summed E-state index contributed by atoms with van der Waals surface area (Å²) in [5.41, 5.74) is 1.25. The second-order valence-electron chi connectivity index (χ2n) is 7.85. The number of ether oxygens (including phenoxy) is 1. The summed E-state index contributed by atoms with van der Waals surface area (Å²) in [5.74, 6) is 2.59. The summed E-state index contributed by atoms with van der Waals surface area (Å²) in [7, 11) is 1.95. The van der Waals surface area contributed by atoms with Crippen molar-refractivity contribution in [3.8, 4) is 0 Å². The molecule has 2 aromatic heterocycles. The van der Waals surface area contributed by atoms with Gasteiger partial charge in [0.1, 0.15) is 11.9 Å². The first kappa shape index (κ1) is 16.8. The predicted molar refractivity (Wildman–Crippen MR) is 99.4 cm³/mol. The van der Waals surface area contributed by atoms with E-state index in [1.165, 1.54) is 18.5 Å². The number of hydrogen-bond acceptors (Lipinski definition) is 5. The zero-order chi connectivity index (χ0) is 18.4. The lowest BCUT2D eigenvalue weighted by atomic mass is 9.98. The average molecular weight is 370 g/mol. The summed E-state index contributed by atoms with van der Waals surface area (Å²) in [4.78, 5) is 21.8. The average Bonchev–Trinajstić information content (AvgIpc) is 3.09. The molecule has 1 amide bonds. The van der Waals surface area contributed by atoms with Crippen molar-refractivity contribution < 1.29 is 9.53 Å². The SMILES string of the molecule is Cn1ccnc1[C@@H]1OCC[C@H]1C(=O)N1CCN(c2cc(C3CC3)[nH]n2)CC1. The summed E-state index contributed by atoms with van der Waals surface area (Å²) in [6, 6.07) is 2.18. The standard InChI is InChI=1S/C19H26N6O2/c1-23-6-5-20-18(23)17-14(4-11-27-17)19(26)25-9-7-24(8-10-25)16-12-15(21-22-16)13-2-3-13/h5-6,12-14,17H,2-4,7-11H2,1H3,(H,21,22)/t14-,17-/m1/s1. The molecule has 2 atom stereocenters. The van der Waals surface area contributed by atoms with Gasteiger partial charge in [-0.2, -0.15) is 5.10 Å². The molecule has 0 unspecified atom stereocenters. The van der Waals surface area contributed by atoms with Gasteiger partial charge in [-0.3, -0.25) is 9.89 Å². The number of hydrogen-bond donors (Lipinski definition) is 1. The number of piperazine rings is 1. The van der Waals surface area contributed by atoms with E-state index >= 15 is 0 Å². The molecule has 4 heterocycles. The molecule has 2 aromatic rings. The molecular formula is C19H26N6O2. The molecule has 0 spiro atoms. The van der Waals surface area contributed by atoms with Crippen molar-refractivity contribution in [1.82, 2.24) is 24.6 Å². The van der Waals surface area contributed by atoms with Gasteiger partial charge in [0.05, 0.1) is 5.92 Å². The van der Waals surface area contributed by atoms with Crippen LogP contribution in [0.1, 0.15) is 42.8 Å². The van der Waals surface area contributed by atoms with Crippen LogP contribution in [0.2, 0.25) is 0 Å². The lowest BCUT2D eigenvalue weighted by Crippen LogP contribution is -2.51. The number of rotatable bonds is 4. The Kier molecular flexibility index (Phi) is 4.15.